The number of esters is 2. The number of alkyl halides is 3. The molecule has 1 heterocycles. The number of halogens is 3. The minimum Gasteiger partial charge on any atom is -0.482 e. The summed E-state index contributed by atoms with van der Waals surface area (Å²) in [4.78, 5) is 35.4. The van der Waals surface area contributed by atoms with Crippen LogP contribution in [0, 0.1) is 0 Å². The molecule has 11 heteroatoms. The number of benzene rings is 2. The lowest BCUT2D eigenvalue weighted by atomic mass is 10.2. The van der Waals surface area contributed by atoms with Crippen molar-refractivity contribution in [2.24, 2.45) is 0 Å². The van der Waals surface area contributed by atoms with E-state index in [4.69, 9.17) is 13.9 Å². The lowest BCUT2D eigenvalue weighted by molar-refractivity contribution is -0.154. The van der Waals surface area contributed by atoms with Crippen LogP contribution in [0.15, 0.2) is 51.7 Å². The van der Waals surface area contributed by atoms with Crippen molar-refractivity contribution in [1.29, 1.82) is 0 Å². The Labute approximate surface area is 178 Å². The number of fused-ring (bicyclic) bond motifs is 1. The van der Waals surface area contributed by atoms with Gasteiger partial charge in [-0.25, -0.2) is 9.59 Å². The first kappa shape index (κ1) is 22.7. The molecule has 0 fully saturated rings. The predicted octanol–water partition coefficient (Wildman–Crippen LogP) is 3.94. The van der Waals surface area contributed by atoms with Crippen molar-refractivity contribution in [2.75, 3.05) is 20.8 Å². The molecule has 0 unspecified atom stereocenters. The van der Waals surface area contributed by atoms with Crippen molar-refractivity contribution in [3.63, 3.8) is 0 Å². The first-order valence-electron chi connectivity index (χ1n) is 8.88. The van der Waals surface area contributed by atoms with Gasteiger partial charge in [0.05, 0.1) is 25.2 Å². The van der Waals surface area contributed by atoms with Crippen molar-refractivity contribution in [3.05, 3.63) is 64.0 Å². The molecular formula is C21H15F3O8. The molecule has 2 aromatic carbocycles. The average Bonchev–Trinajstić information content (AvgIpc) is 2.78. The molecular weight excluding hydrogens is 437 g/mol. The molecule has 0 saturated carbocycles. The second kappa shape index (κ2) is 9.00. The first-order chi connectivity index (χ1) is 15.1. The van der Waals surface area contributed by atoms with Crippen molar-refractivity contribution < 1.29 is 46.1 Å². The summed E-state index contributed by atoms with van der Waals surface area (Å²) >= 11 is 0. The normalized spacial score (nSPS) is 11.2. The van der Waals surface area contributed by atoms with Gasteiger partial charge in [0.25, 0.3) is 5.76 Å². The maximum absolute atomic E-state index is 13.6. The van der Waals surface area contributed by atoms with Gasteiger partial charge >= 0.3 is 18.1 Å². The van der Waals surface area contributed by atoms with E-state index in [-0.39, 0.29) is 22.4 Å². The fraction of sp³-hybridized carbons (Fsp3) is 0.190. The fourth-order valence-corrected chi connectivity index (χ4v) is 2.62. The SMILES string of the molecule is COC(=O)COc1ccc2c(=O)c(Oc3ccc(C(=O)OC)cc3)c(C(F)(F)F)oc2c1. The summed E-state index contributed by atoms with van der Waals surface area (Å²) in [6.45, 7) is -0.485. The van der Waals surface area contributed by atoms with Crippen molar-refractivity contribution in [3.8, 4) is 17.2 Å². The van der Waals surface area contributed by atoms with Crippen LogP contribution >= 0.6 is 0 Å². The van der Waals surface area contributed by atoms with Gasteiger partial charge in [0.15, 0.2) is 6.61 Å². The number of hydrogen-bond acceptors (Lipinski definition) is 8. The topological polar surface area (TPSA) is 101 Å². The minimum atomic E-state index is -5.06. The van der Waals surface area contributed by atoms with Crippen molar-refractivity contribution in [1.82, 2.24) is 0 Å². The van der Waals surface area contributed by atoms with Gasteiger partial charge in [-0.2, -0.15) is 13.2 Å². The van der Waals surface area contributed by atoms with E-state index in [1.54, 1.807) is 0 Å². The summed E-state index contributed by atoms with van der Waals surface area (Å²) < 4.78 is 65.0. The fourth-order valence-electron chi connectivity index (χ4n) is 2.62. The first-order valence-corrected chi connectivity index (χ1v) is 8.88. The lowest BCUT2D eigenvalue weighted by Crippen LogP contribution is -2.16. The summed E-state index contributed by atoms with van der Waals surface area (Å²) in [6, 6.07) is 8.46. The number of carbonyl (C=O) groups is 2. The molecule has 0 saturated heterocycles. The Morgan fingerprint density at radius 3 is 2.22 bits per heavy atom. The molecule has 0 spiro atoms. The summed E-state index contributed by atoms with van der Waals surface area (Å²) in [5, 5.41) is -0.204. The van der Waals surface area contributed by atoms with Crippen LogP contribution in [0.2, 0.25) is 0 Å². The zero-order valence-corrected chi connectivity index (χ0v) is 16.6. The van der Waals surface area contributed by atoms with Crippen molar-refractivity contribution in [2.45, 2.75) is 6.18 Å². The zero-order chi connectivity index (χ0) is 23.5. The number of hydrogen-bond donors (Lipinski definition) is 0. The Kier molecular flexibility index (Phi) is 6.37. The highest BCUT2D eigenvalue weighted by atomic mass is 19.4. The van der Waals surface area contributed by atoms with E-state index < -0.39 is 47.2 Å². The molecule has 0 N–H and O–H groups in total. The molecule has 1 aromatic heterocycles. The highest BCUT2D eigenvalue weighted by molar-refractivity contribution is 5.89. The summed E-state index contributed by atoms with van der Waals surface area (Å²) in [5.74, 6) is -4.22. The summed E-state index contributed by atoms with van der Waals surface area (Å²) in [7, 11) is 2.32. The standard InChI is InChI=1S/C21H15F3O8/c1-28-16(25)10-30-13-7-8-14-15(9-13)32-19(21(22,23)24)18(17(14)26)31-12-5-3-11(4-6-12)20(27)29-2/h3-9H,10H2,1-2H3. The van der Waals surface area contributed by atoms with E-state index >= 15 is 0 Å². The van der Waals surface area contributed by atoms with Crippen LogP contribution in [0.4, 0.5) is 13.2 Å². The summed E-state index contributed by atoms with van der Waals surface area (Å²) in [6.07, 6.45) is -5.06. The molecule has 0 aliphatic heterocycles. The van der Waals surface area contributed by atoms with Crippen LogP contribution in [0.5, 0.6) is 17.2 Å². The van der Waals surface area contributed by atoms with Crippen LogP contribution in [0.3, 0.4) is 0 Å². The maximum atomic E-state index is 13.6. The van der Waals surface area contributed by atoms with Gasteiger partial charge in [0.2, 0.25) is 11.2 Å². The molecule has 0 atom stereocenters. The third kappa shape index (κ3) is 4.82. The van der Waals surface area contributed by atoms with E-state index in [0.29, 0.717) is 0 Å². The van der Waals surface area contributed by atoms with Gasteiger partial charge in [0.1, 0.15) is 17.1 Å². The zero-order valence-electron chi connectivity index (χ0n) is 16.6. The number of ether oxygens (including phenoxy) is 4. The lowest BCUT2D eigenvalue weighted by Gasteiger charge is -2.14. The number of carbonyl (C=O) groups excluding carboxylic acids is 2. The highest BCUT2D eigenvalue weighted by Gasteiger charge is 2.40. The van der Waals surface area contributed by atoms with Gasteiger partial charge in [-0.05, 0) is 36.4 Å². The molecule has 0 aliphatic carbocycles. The molecule has 168 valence electrons. The summed E-state index contributed by atoms with van der Waals surface area (Å²) in [5.41, 5.74) is -1.35. The van der Waals surface area contributed by atoms with Crippen LogP contribution in [-0.4, -0.2) is 32.8 Å². The Morgan fingerprint density at radius 2 is 1.62 bits per heavy atom. The molecule has 3 aromatic rings. The van der Waals surface area contributed by atoms with E-state index in [1.807, 2.05) is 0 Å². The van der Waals surface area contributed by atoms with Gasteiger partial charge in [-0.1, -0.05) is 0 Å². The highest BCUT2D eigenvalue weighted by Crippen LogP contribution is 2.38. The Balaban J connectivity index is 2.03. The van der Waals surface area contributed by atoms with Crippen LogP contribution < -0.4 is 14.9 Å². The third-order valence-corrected chi connectivity index (χ3v) is 4.16. The van der Waals surface area contributed by atoms with Crippen molar-refractivity contribution >= 4 is 22.9 Å². The van der Waals surface area contributed by atoms with Crippen LogP contribution in [0.1, 0.15) is 16.1 Å². The third-order valence-electron chi connectivity index (χ3n) is 4.16. The Hall–Kier alpha value is -4.02. The second-order valence-corrected chi connectivity index (χ2v) is 6.23. The average molecular weight is 452 g/mol. The largest absolute Gasteiger partial charge is 0.482 e. The quantitative estimate of drug-likeness (QED) is 0.519. The molecule has 32 heavy (non-hydrogen) atoms. The molecule has 0 amide bonds. The number of rotatable bonds is 6. The van der Waals surface area contributed by atoms with E-state index in [0.717, 1.165) is 13.2 Å². The number of methoxy groups -OCH3 is 2. The smallest absolute Gasteiger partial charge is 0.453 e. The molecule has 0 radical (unpaired) electrons. The minimum absolute atomic E-state index is 0.00811. The Morgan fingerprint density at radius 1 is 0.969 bits per heavy atom. The molecule has 8 nitrogen and oxygen atoms in total. The predicted molar refractivity (Wildman–Crippen MR) is 103 cm³/mol. The van der Waals surface area contributed by atoms with E-state index in [9.17, 15) is 27.6 Å². The van der Waals surface area contributed by atoms with Gasteiger partial charge in [-0.3, -0.25) is 4.79 Å². The second-order valence-electron chi connectivity index (χ2n) is 6.23. The molecule has 3 rings (SSSR count). The molecule has 0 aliphatic rings. The van der Waals surface area contributed by atoms with Gasteiger partial charge < -0.3 is 23.4 Å². The molecule has 0 bridgehead atoms. The Bertz CT molecular complexity index is 1210. The van der Waals surface area contributed by atoms with Crippen LogP contribution in [-0.2, 0) is 20.4 Å². The van der Waals surface area contributed by atoms with E-state index in [1.165, 1.54) is 43.5 Å². The monoisotopic (exact) mass is 452 g/mol. The van der Waals surface area contributed by atoms with Crippen LogP contribution in [0.25, 0.3) is 11.0 Å². The van der Waals surface area contributed by atoms with E-state index in [2.05, 4.69) is 9.47 Å². The maximum Gasteiger partial charge on any atom is 0.453 e. The van der Waals surface area contributed by atoms with Gasteiger partial charge in [0, 0.05) is 6.07 Å². The van der Waals surface area contributed by atoms with Gasteiger partial charge in [-0.15, -0.1) is 0 Å².